The molecule has 144 valence electrons. The van der Waals surface area contributed by atoms with Gasteiger partial charge in [-0.15, -0.1) is 0 Å². The van der Waals surface area contributed by atoms with E-state index >= 15 is 0 Å². The fraction of sp³-hybridized carbons (Fsp3) is 0.238. The summed E-state index contributed by atoms with van der Waals surface area (Å²) >= 11 is 5.97. The number of nitrogens with zero attached hydrogens (tertiary/aromatic N) is 2. The number of rotatable bonds is 5. The molecule has 2 heterocycles. The highest BCUT2D eigenvalue weighted by Gasteiger charge is 2.26. The van der Waals surface area contributed by atoms with Gasteiger partial charge in [-0.3, -0.25) is 9.89 Å². The summed E-state index contributed by atoms with van der Waals surface area (Å²) in [7, 11) is 1.65. The Morgan fingerprint density at radius 1 is 1.25 bits per heavy atom. The van der Waals surface area contributed by atoms with Crippen molar-refractivity contribution < 1.29 is 9.53 Å². The van der Waals surface area contributed by atoms with Gasteiger partial charge in [-0.2, -0.15) is 5.10 Å². The van der Waals surface area contributed by atoms with E-state index in [0.717, 1.165) is 42.3 Å². The van der Waals surface area contributed by atoms with Gasteiger partial charge in [0.1, 0.15) is 5.75 Å². The standard InChI is InChI=1S/C21H21ClN4O2/c1-28-18-7-5-14(6-8-18)19-12-20(25-24-19)26-10-9-17(13-26)23-21(27)15-3-2-4-16(22)11-15/h2-8,11-12,17H,9-10,13H2,1H3,(H,23,27)(H,24,25). The number of benzene rings is 2. The largest absolute Gasteiger partial charge is 0.497 e. The van der Waals surface area contributed by atoms with Gasteiger partial charge in [0.05, 0.1) is 12.8 Å². The van der Waals surface area contributed by atoms with Crippen LogP contribution in [-0.4, -0.2) is 42.3 Å². The molecule has 3 aromatic rings. The number of amides is 1. The quantitative estimate of drug-likeness (QED) is 0.689. The summed E-state index contributed by atoms with van der Waals surface area (Å²) in [5.41, 5.74) is 2.57. The van der Waals surface area contributed by atoms with Crippen LogP contribution in [0.4, 0.5) is 5.82 Å². The summed E-state index contributed by atoms with van der Waals surface area (Å²) in [4.78, 5) is 14.6. The normalized spacial score (nSPS) is 16.2. The monoisotopic (exact) mass is 396 g/mol. The third-order valence-corrected chi connectivity index (χ3v) is 5.13. The van der Waals surface area contributed by atoms with E-state index < -0.39 is 0 Å². The van der Waals surface area contributed by atoms with Gasteiger partial charge in [0.25, 0.3) is 5.91 Å². The number of halogens is 1. The van der Waals surface area contributed by atoms with Crippen LogP contribution in [0.25, 0.3) is 11.3 Å². The van der Waals surface area contributed by atoms with Gasteiger partial charge in [-0.25, -0.2) is 0 Å². The molecule has 1 aromatic heterocycles. The number of aromatic amines is 1. The Kier molecular flexibility index (Phi) is 5.21. The summed E-state index contributed by atoms with van der Waals surface area (Å²) in [6.45, 7) is 1.56. The minimum Gasteiger partial charge on any atom is -0.497 e. The van der Waals surface area contributed by atoms with Gasteiger partial charge in [0, 0.05) is 35.8 Å². The Morgan fingerprint density at radius 2 is 2.07 bits per heavy atom. The smallest absolute Gasteiger partial charge is 0.251 e. The zero-order chi connectivity index (χ0) is 19.5. The highest BCUT2D eigenvalue weighted by Crippen LogP contribution is 2.26. The first-order chi connectivity index (χ1) is 13.6. The Labute approximate surface area is 168 Å². The zero-order valence-corrected chi connectivity index (χ0v) is 16.2. The van der Waals surface area contributed by atoms with E-state index in [2.05, 4.69) is 20.4 Å². The summed E-state index contributed by atoms with van der Waals surface area (Å²) in [6, 6.07) is 16.9. The van der Waals surface area contributed by atoms with Crippen molar-refractivity contribution in [2.45, 2.75) is 12.5 Å². The molecular weight excluding hydrogens is 376 g/mol. The van der Waals surface area contributed by atoms with Crippen LogP contribution in [-0.2, 0) is 0 Å². The van der Waals surface area contributed by atoms with Crippen LogP contribution in [0.3, 0.4) is 0 Å². The topological polar surface area (TPSA) is 70.2 Å². The molecule has 6 nitrogen and oxygen atoms in total. The number of anilines is 1. The van der Waals surface area contributed by atoms with Gasteiger partial charge >= 0.3 is 0 Å². The van der Waals surface area contributed by atoms with Crippen LogP contribution in [0, 0.1) is 0 Å². The number of hydrogen-bond acceptors (Lipinski definition) is 4. The van der Waals surface area contributed by atoms with Crippen LogP contribution in [0.15, 0.2) is 54.6 Å². The minimum absolute atomic E-state index is 0.0765. The van der Waals surface area contributed by atoms with Crippen molar-refractivity contribution in [3.63, 3.8) is 0 Å². The van der Waals surface area contributed by atoms with Crippen molar-refractivity contribution in [3.05, 3.63) is 65.2 Å². The Hall–Kier alpha value is -2.99. The second kappa shape index (κ2) is 7.94. The summed E-state index contributed by atoms with van der Waals surface area (Å²) in [5, 5.41) is 11.2. The van der Waals surface area contributed by atoms with Crippen LogP contribution in [0.5, 0.6) is 5.75 Å². The van der Waals surface area contributed by atoms with E-state index in [0.29, 0.717) is 10.6 Å². The van der Waals surface area contributed by atoms with Crippen LogP contribution >= 0.6 is 11.6 Å². The molecule has 0 radical (unpaired) electrons. The number of nitrogens with one attached hydrogen (secondary N) is 2. The summed E-state index contributed by atoms with van der Waals surface area (Å²) < 4.78 is 5.20. The number of methoxy groups -OCH3 is 1. The SMILES string of the molecule is COc1ccc(-c2cc(N3CCC(NC(=O)c4cccc(Cl)c4)C3)n[nH]2)cc1. The molecule has 2 N–H and O–H groups in total. The number of carbonyl (C=O) groups is 1. The maximum Gasteiger partial charge on any atom is 0.251 e. The van der Waals surface area contributed by atoms with Crippen LogP contribution in [0.2, 0.25) is 5.02 Å². The molecule has 1 amide bonds. The van der Waals surface area contributed by atoms with Crippen LogP contribution in [0.1, 0.15) is 16.8 Å². The molecule has 2 aromatic carbocycles. The van der Waals surface area contributed by atoms with Gasteiger partial charge in [-0.1, -0.05) is 17.7 Å². The third kappa shape index (κ3) is 3.97. The van der Waals surface area contributed by atoms with Crippen molar-refractivity contribution in [1.82, 2.24) is 15.5 Å². The fourth-order valence-corrected chi connectivity index (χ4v) is 3.57. The first kappa shape index (κ1) is 18.4. The average molecular weight is 397 g/mol. The summed E-state index contributed by atoms with van der Waals surface area (Å²) in [6.07, 6.45) is 0.872. The predicted octanol–water partition coefficient (Wildman–Crippen LogP) is 3.75. The number of hydrogen-bond donors (Lipinski definition) is 2. The molecule has 1 aliphatic heterocycles. The van der Waals surface area contributed by atoms with E-state index in [-0.39, 0.29) is 11.9 Å². The second-order valence-corrected chi connectivity index (χ2v) is 7.22. The predicted molar refractivity (Wildman–Crippen MR) is 110 cm³/mol. The maximum absolute atomic E-state index is 12.4. The molecule has 1 aliphatic rings. The number of ether oxygens (including phenoxy) is 1. The van der Waals surface area contributed by atoms with Crippen molar-refractivity contribution in [3.8, 4) is 17.0 Å². The fourth-order valence-electron chi connectivity index (χ4n) is 3.38. The molecule has 7 heteroatoms. The molecule has 1 atom stereocenters. The Bertz CT molecular complexity index is 971. The number of H-pyrrole nitrogens is 1. The molecule has 1 saturated heterocycles. The number of aromatic nitrogens is 2. The van der Waals surface area contributed by atoms with Gasteiger partial charge in [0.2, 0.25) is 0 Å². The van der Waals surface area contributed by atoms with Crippen LogP contribution < -0.4 is 15.0 Å². The molecule has 1 unspecified atom stereocenters. The van der Waals surface area contributed by atoms with Crippen molar-refractivity contribution in [1.29, 1.82) is 0 Å². The zero-order valence-electron chi connectivity index (χ0n) is 15.5. The minimum atomic E-state index is -0.102. The Morgan fingerprint density at radius 3 is 2.82 bits per heavy atom. The average Bonchev–Trinajstić information content (AvgIpc) is 3.37. The first-order valence-electron chi connectivity index (χ1n) is 9.13. The van der Waals surface area contributed by atoms with E-state index in [9.17, 15) is 4.79 Å². The third-order valence-electron chi connectivity index (χ3n) is 4.90. The molecule has 0 spiro atoms. The maximum atomic E-state index is 12.4. The highest BCUT2D eigenvalue weighted by atomic mass is 35.5. The number of carbonyl (C=O) groups excluding carboxylic acids is 1. The van der Waals surface area contributed by atoms with Crippen molar-refractivity contribution >= 4 is 23.3 Å². The van der Waals surface area contributed by atoms with Gasteiger partial charge < -0.3 is 15.0 Å². The second-order valence-electron chi connectivity index (χ2n) is 6.78. The van der Waals surface area contributed by atoms with E-state index in [4.69, 9.17) is 16.3 Å². The lowest BCUT2D eigenvalue weighted by molar-refractivity contribution is 0.0940. The molecule has 1 fully saturated rings. The van der Waals surface area contributed by atoms with E-state index in [1.54, 1.807) is 31.4 Å². The van der Waals surface area contributed by atoms with Gasteiger partial charge in [0.15, 0.2) is 5.82 Å². The lowest BCUT2D eigenvalue weighted by Gasteiger charge is -2.16. The highest BCUT2D eigenvalue weighted by molar-refractivity contribution is 6.30. The molecule has 0 bridgehead atoms. The Balaban J connectivity index is 1.39. The lowest BCUT2D eigenvalue weighted by Crippen LogP contribution is -2.37. The van der Waals surface area contributed by atoms with Gasteiger partial charge in [-0.05, 0) is 54.4 Å². The molecular formula is C21H21ClN4O2. The van der Waals surface area contributed by atoms with Crippen molar-refractivity contribution in [2.24, 2.45) is 0 Å². The summed E-state index contributed by atoms with van der Waals surface area (Å²) in [5.74, 6) is 1.60. The molecule has 4 rings (SSSR count). The van der Waals surface area contributed by atoms with E-state index in [1.165, 1.54) is 0 Å². The van der Waals surface area contributed by atoms with E-state index in [1.807, 2.05) is 30.3 Å². The molecule has 0 saturated carbocycles. The van der Waals surface area contributed by atoms with Crippen molar-refractivity contribution in [2.75, 3.05) is 25.1 Å². The molecule has 28 heavy (non-hydrogen) atoms. The lowest BCUT2D eigenvalue weighted by atomic mass is 10.1. The molecule has 0 aliphatic carbocycles. The first-order valence-corrected chi connectivity index (χ1v) is 9.51.